The van der Waals surface area contributed by atoms with Crippen LogP contribution in [0, 0.1) is 0 Å². The number of ether oxygens (including phenoxy) is 1. The Labute approximate surface area is 120 Å². The van der Waals surface area contributed by atoms with Crippen LogP contribution in [0.1, 0.15) is 26.6 Å². The molecule has 0 spiro atoms. The normalized spacial score (nSPS) is 10.7. The van der Waals surface area contributed by atoms with Gasteiger partial charge in [-0.05, 0) is 26.0 Å². The molecule has 1 aromatic heterocycles. The van der Waals surface area contributed by atoms with Gasteiger partial charge in [-0.3, -0.25) is 0 Å². The molecule has 0 unspecified atom stereocenters. The summed E-state index contributed by atoms with van der Waals surface area (Å²) in [5.74, 6) is 2.50. The lowest BCUT2D eigenvalue weighted by molar-refractivity contribution is 0.243. The number of rotatable bonds is 5. The molecule has 4 nitrogen and oxygen atoms in total. The first kappa shape index (κ1) is 14.3. The van der Waals surface area contributed by atoms with Crippen molar-refractivity contribution in [2.45, 2.75) is 33.3 Å². The molecule has 0 aliphatic rings. The third-order valence-electron chi connectivity index (χ3n) is 2.87. The van der Waals surface area contributed by atoms with Crippen molar-refractivity contribution in [2.75, 3.05) is 12.4 Å². The maximum Gasteiger partial charge on any atom is 0.131 e. The highest BCUT2D eigenvalue weighted by atomic mass is 16.5. The van der Waals surface area contributed by atoms with Crippen LogP contribution in [0.2, 0.25) is 0 Å². The molecule has 1 heterocycles. The minimum absolute atomic E-state index is 0.132. The molecule has 4 heteroatoms. The van der Waals surface area contributed by atoms with Crippen molar-refractivity contribution in [3.05, 3.63) is 36.2 Å². The van der Waals surface area contributed by atoms with Crippen molar-refractivity contribution >= 4 is 5.82 Å². The molecule has 20 heavy (non-hydrogen) atoms. The van der Waals surface area contributed by atoms with Crippen LogP contribution >= 0.6 is 0 Å². The van der Waals surface area contributed by atoms with E-state index in [9.17, 15) is 0 Å². The summed E-state index contributed by atoms with van der Waals surface area (Å²) < 4.78 is 5.87. The van der Waals surface area contributed by atoms with Gasteiger partial charge in [0.15, 0.2) is 0 Å². The Morgan fingerprint density at radius 3 is 2.60 bits per heavy atom. The maximum absolute atomic E-state index is 5.87. The topological polar surface area (TPSA) is 47.0 Å². The van der Waals surface area contributed by atoms with E-state index in [1.54, 1.807) is 0 Å². The molecule has 106 valence electrons. The van der Waals surface area contributed by atoms with Gasteiger partial charge in [-0.2, -0.15) is 0 Å². The smallest absolute Gasteiger partial charge is 0.131 e. The first-order valence-corrected chi connectivity index (χ1v) is 6.95. The van der Waals surface area contributed by atoms with Crippen molar-refractivity contribution < 1.29 is 4.74 Å². The lowest BCUT2D eigenvalue weighted by Crippen LogP contribution is -2.07. The van der Waals surface area contributed by atoms with Crippen LogP contribution in [0.15, 0.2) is 30.3 Å². The van der Waals surface area contributed by atoms with Gasteiger partial charge in [-0.1, -0.05) is 19.1 Å². The molecule has 0 radical (unpaired) electrons. The highest BCUT2D eigenvalue weighted by molar-refractivity contribution is 5.69. The summed E-state index contributed by atoms with van der Waals surface area (Å²) in [6, 6.07) is 9.92. The molecule has 1 aromatic carbocycles. The number of aromatic nitrogens is 2. The summed E-state index contributed by atoms with van der Waals surface area (Å²) >= 11 is 0. The highest BCUT2D eigenvalue weighted by Crippen LogP contribution is 2.30. The van der Waals surface area contributed by atoms with Crippen LogP contribution in [-0.4, -0.2) is 23.1 Å². The predicted molar refractivity (Wildman–Crippen MR) is 82.2 cm³/mol. The van der Waals surface area contributed by atoms with E-state index < -0.39 is 0 Å². The zero-order valence-corrected chi connectivity index (χ0v) is 12.5. The van der Waals surface area contributed by atoms with Gasteiger partial charge in [0.05, 0.1) is 11.8 Å². The van der Waals surface area contributed by atoms with Crippen LogP contribution < -0.4 is 10.1 Å². The van der Waals surface area contributed by atoms with Crippen molar-refractivity contribution in [3.8, 4) is 17.0 Å². The number of nitrogens with zero attached hydrogens (tertiary/aromatic N) is 2. The zero-order chi connectivity index (χ0) is 14.5. The lowest BCUT2D eigenvalue weighted by Gasteiger charge is -2.14. The summed E-state index contributed by atoms with van der Waals surface area (Å²) in [5.41, 5.74) is 1.88. The van der Waals surface area contributed by atoms with Crippen molar-refractivity contribution in [1.29, 1.82) is 0 Å². The van der Waals surface area contributed by atoms with E-state index in [-0.39, 0.29) is 6.10 Å². The molecule has 2 rings (SSSR count). The molecule has 0 aliphatic carbocycles. The van der Waals surface area contributed by atoms with Gasteiger partial charge in [-0.25, -0.2) is 9.97 Å². The van der Waals surface area contributed by atoms with Gasteiger partial charge in [0, 0.05) is 25.1 Å². The molecule has 2 aromatic rings. The van der Waals surface area contributed by atoms with E-state index in [1.807, 2.05) is 51.2 Å². The van der Waals surface area contributed by atoms with Crippen LogP contribution in [0.3, 0.4) is 0 Å². The average molecular weight is 271 g/mol. The molecule has 0 amide bonds. The Balaban J connectivity index is 2.50. The maximum atomic E-state index is 5.87. The fourth-order valence-electron chi connectivity index (χ4n) is 1.96. The minimum atomic E-state index is 0.132. The minimum Gasteiger partial charge on any atom is -0.490 e. The van der Waals surface area contributed by atoms with Crippen molar-refractivity contribution in [3.63, 3.8) is 0 Å². The molecule has 0 aliphatic heterocycles. The molecular formula is C16H21N3O. The Bertz CT molecular complexity index is 559. The van der Waals surface area contributed by atoms with Gasteiger partial charge >= 0.3 is 0 Å². The largest absolute Gasteiger partial charge is 0.490 e. The summed E-state index contributed by atoms with van der Waals surface area (Å²) in [5, 5.41) is 3.08. The van der Waals surface area contributed by atoms with Gasteiger partial charge in [0.25, 0.3) is 0 Å². The number of para-hydroxylation sites is 1. The quantitative estimate of drug-likeness (QED) is 0.903. The third kappa shape index (κ3) is 3.26. The van der Waals surface area contributed by atoms with Crippen LogP contribution in [0.25, 0.3) is 11.3 Å². The Hall–Kier alpha value is -2.10. The standard InChI is InChI=1S/C16H21N3O/c1-5-15-18-13(10-16(17-4)19-15)12-8-6-7-9-14(12)20-11(2)3/h6-11H,5H2,1-4H3,(H,17,18,19). The van der Waals surface area contributed by atoms with Gasteiger partial charge in [0.2, 0.25) is 0 Å². The molecule has 0 saturated heterocycles. The molecule has 0 bridgehead atoms. The van der Waals surface area contributed by atoms with Gasteiger partial charge < -0.3 is 10.1 Å². The number of nitrogens with one attached hydrogen (secondary N) is 1. The second kappa shape index (κ2) is 6.37. The van der Waals surface area contributed by atoms with Gasteiger partial charge in [-0.15, -0.1) is 0 Å². The summed E-state index contributed by atoms with van der Waals surface area (Å²) in [7, 11) is 1.86. The Morgan fingerprint density at radius 2 is 1.95 bits per heavy atom. The lowest BCUT2D eigenvalue weighted by atomic mass is 10.1. The monoisotopic (exact) mass is 271 g/mol. The first-order valence-electron chi connectivity index (χ1n) is 6.95. The molecule has 1 N–H and O–H groups in total. The van der Waals surface area contributed by atoms with Crippen LogP contribution in [0.4, 0.5) is 5.82 Å². The fraction of sp³-hybridized carbons (Fsp3) is 0.375. The van der Waals surface area contributed by atoms with Gasteiger partial charge in [0.1, 0.15) is 17.4 Å². The van der Waals surface area contributed by atoms with E-state index in [1.165, 1.54) is 0 Å². The number of hydrogen-bond acceptors (Lipinski definition) is 4. The average Bonchev–Trinajstić information content (AvgIpc) is 2.46. The molecule has 0 saturated carbocycles. The van der Waals surface area contributed by atoms with E-state index in [0.717, 1.165) is 35.1 Å². The summed E-state index contributed by atoms with van der Waals surface area (Å²) in [4.78, 5) is 9.03. The van der Waals surface area contributed by atoms with E-state index >= 15 is 0 Å². The van der Waals surface area contributed by atoms with E-state index in [0.29, 0.717) is 0 Å². The fourth-order valence-corrected chi connectivity index (χ4v) is 1.96. The predicted octanol–water partition coefficient (Wildman–Crippen LogP) is 3.53. The number of aryl methyl sites for hydroxylation is 1. The first-order chi connectivity index (χ1) is 9.63. The SMILES string of the molecule is CCc1nc(NC)cc(-c2ccccc2OC(C)C)n1. The van der Waals surface area contributed by atoms with Crippen molar-refractivity contribution in [2.24, 2.45) is 0 Å². The van der Waals surface area contributed by atoms with Crippen LogP contribution in [0.5, 0.6) is 5.75 Å². The molecule has 0 atom stereocenters. The van der Waals surface area contributed by atoms with E-state index in [2.05, 4.69) is 22.2 Å². The van der Waals surface area contributed by atoms with E-state index in [4.69, 9.17) is 4.74 Å². The molecule has 0 fully saturated rings. The summed E-state index contributed by atoms with van der Waals surface area (Å²) in [6.45, 7) is 6.09. The highest BCUT2D eigenvalue weighted by Gasteiger charge is 2.11. The number of anilines is 1. The number of benzene rings is 1. The second-order valence-electron chi connectivity index (χ2n) is 4.82. The Kier molecular flexibility index (Phi) is 4.56. The Morgan fingerprint density at radius 1 is 1.20 bits per heavy atom. The van der Waals surface area contributed by atoms with Crippen LogP contribution in [-0.2, 0) is 6.42 Å². The number of hydrogen-bond donors (Lipinski definition) is 1. The summed E-state index contributed by atoms with van der Waals surface area (Å²) in [6.07, 6.45) is 0.933. The van der Waals surface area contributed by atoms with Crippen molar-refractivity contribution in [1.82, 2.24) is 9.97 Å². The molecular weight excluding hydrogens is 250 g/mol. The second-order valence-corrected chi connectivity index (χ2v) is 4.82. The third-order valence-corrected chi connectivity index (χ3v) is 2.87. The zero-order valence-electron chi connectivity index (χ0n) is 12.5.